The summed E-state index contributed by atoms with van der Waals surface area (Å²) in [5.41, 5.74) is 1.04. The number of carbonyl (C=O) groups excluding carboxylic acids is 1. The maximum absolute atomic E-state index is 12.7. The van der Waals surface area contributed by atoms with Gasteiger partial charge in [0.15, 0.2) is 0 Å². The van der Waals surface area contributed by atoms with Gasteiger partial charge in [0.25, 0.3) is 0 Å². The normalized spacial score (nSPS) is 15.4. The molecule has 1 aromatic carbocycles. The number of halogens is 2. The highest BCUT2D eigenvalue weighted by Gasteiger charge is 2.16. The van der Waals surface area contributed by atoms with Crippen molar-refractivity contribution in [3.05, 3.63) is 35.6 Å². The van der Waals surface area contributed by atoms with Crippen LogP contribution in [0.25, 0.3) is 0 Å². The van der Waals surface area contributed by atoms with Gasteiger partial charge in [-0.1, -0.05) is 12.1 Å². The largest absolute Gasteiger partial charge is 0.356 e. The highest BCUT2D eigenvalue weighted by molar-refractivity contribution is 5.85. The second-order valence-electron chi connectivity index (χ2n) is 5.12. The lowest BCUT2D eigenvalue weighted by atomic mass is 9.94. The number of benzene rings is 1. The average molecular weight is 301 g/mol. The van der Waals surface area contributed by atoms with E-state index in [2.05, 4.69) is 10.6 Å². The minimum atomic E-state index is -0.223. The summed E-state index contributed by atoms with van der Waals surface area (Å²) in [6, 6.07) is 6.42. The number of piperidine rings is 1. The predicted octanol–water partition coefficient (Wildman–Crippen LogP) is 2.30. The zero-order chi connectivity index (χ0) is 13.5. The maximum atomic E-state index is 12.7. The summed E-state index contributed by atoms with van der Waals surface area (Å²) in [7, 11) is 0. The van der Waals surface area contributed by atoms with Crippen molar-refractivity contribution in [2.45, 2.75) is 25.7 Å². The molecule has 0 atom stereocenters. The van der Waals surface area contributed by atoms with E-state index in [1.165, 1.54) is 12.1 Å². The van der Waals surface area contributed by atoms with E-state index in [1.54, 1.807) is 12.1 Å². The molecule has 1 saturated heterocycles. The van der Waals surface area contributed by atoms with Gasteiger partial charge in [0.05, 0.1) is 0 Å². The summed E-state index contributed by atoms with van der Waals surface area (Å²) in [6.45, 7) is 2.66. The molecule has 0 aliphatic carbocycles. The van der Waals surface area contributed by atoms with Crippen molar-refractivity contribution in [3.63, 3.8) is 0 Å². The van der Waals surface area contributed by atoms with Crippen molar-refractivity contribution in [3.8, 4) is 0 Å². The van der Waals surface area contributed by atoms with Crippen LogP contribution in [0.5, 0.6) is 0 Å². The van der Waals surface area contributed by atoms with E-state index in [1.807, 2.05) is 0 Å². The zero-order valence-electron chi connectivity index (χ0n) is 11.5. The second-order valence-corrected chi connectivity index (χ2v) is 5.12. The van der Waals surface area contributed by atoms with Crippen LogP contribution in [0.4, 0.5) is 4.39 Å². The van der Waals surface area contributed by atoms with Crippen LogP contribution in [0, 0.1) is 11.7 Å². The molecule has 1 heterocycles. The summed E-state index contributed by atoms with van der Waals surface area (Å²) in [5, 5.41) is 6.23. The molecule has 112 valence electrons. The Hall–Kier alpha value is -1.13. The summed E-state index contributed by atoms with van der Waals surface area (Å²) >= 11 is 0. The Bertz CT molecular complexity index is 405. The Morgan fingerprint density at radius 3 is 2.55 bits per heavy atom. The number of nitrogens with one attached hydrogen (secondary N) is 2. The SMILES string of the molecule is Cl.O=C(CC1CCNCC1)NCCc1ccc(F)cc1. The summed E-state index contributed by atoms with van der Waals surface area (Å²) in [5.74, 6) is 0.430. The molecule has 3 nitrogen and oxygen atoms in total. The third-order valence-corrected chi connectivity index (χ3v) is 3.58. The molecule has 1 fully saturated rings. The molecule has 1 aliphatic heterocycles. The monoisotopic (exact) mass is 300 g/mol. The molecule has 0 aromatic heterocycles. The molecule has 0 saturated carbocycles. The lowest BCUT2D eigenvalue weighted by molar-refractivity contribution is -0.122. The van der Waals surface area contributed by atoms with Crippen molar-refractivity contribution in [1.29, 1.82) is 0 Å². The number of hydrogen-bond acceptors (Lipinski definition) is 2. The fourth-order valence-electron chi connectivity index (χ4n) is 2.42. The summed E-state index contributed by atoms with van der Waals surface area (Å²) < 4.78 is 12.7. The van der Waals surface area contributed by atoms with E-state index < -0.39 is 0 Å². The van der Waals surface area contributed by atoms with Gasteiger partial charge >= 0.3 is 0 Å². The van der Waals surface area contributed by atoms with E-state index in [0.29, 0.717) is 18.9 Å². The van der Waals surface area contributed by atoms with Gasteiger partial charge in [0.1, 0.15) is 5.82 Å². The molecule has 1 amide bonds. The van der Waals surface area contributed by atoms with Gasteiger partial charge in [-0.2, -0.15) is 0 Å². The number of carbonyl (C=O) groups is 1. The van der Waals surface area contributed by atoms with Gasteiger partial charge in [-0.15, -0.1) is 12.4 Å². The van der Waals surface area contributed by atoms with E-state index in [0.717, 1.165) is 37.9 Å². The third-order valence-electron chi connectivity index (χ3n) is 3.58. The molecular weight excluding hydrogens is 279 g/mol. The highest BCUT2D eigenvalue weighted by Crippen LogP contribution is 2.15. The minimum absolute atomic E-state index is 0. The average Bonchev–Trinajstić information content (AvgIpc) is 2.42. The van der Waals surface area contributed by atoms with Crippen LogP contribution in [0.2, 0.25) is 0 Å². The third kappa shape index (κ3) is 5.88. The van der Waals surface area contributed by atoms with Crippen LogP contribution in [0.15, 0.2) is 24.3 Å². The zero-order valence-corrected chi connectivity index (χ0v) is 12.3. The molecule has 0 spiro atoms. The molecule has 1 aromatic rings. The Morgan fingerprint density at radius 2 is 1.90 bits per heavy atom. The Labute approximate surface area is 125 Å². The van der Waals surface area contributed by atoms with Crippen molar-refractivity contribution >= 4 is 18.3 Å². The van der Waals surface area contributed by atoms with Gasteiger partial charge in [-0.25, -0.2) is 4.39 Å². The Morgan fingerprint density at radius 1 is 1.25 bits per heavy atom. The maximum Gasteiger partial charge on any atom is 0.220 e. The quantitative estimate of drug-likeness (QED) is 0.876. The first kappa shape index (κ1) is 16.9. The van der Waals surface area contributed by atoms with Crippen molar-refractivity contribution in [2.75, 3.05) is 19.6 Å². The summed E-state index contributed by atoms with van der Waals surface area (Å²) in [4.78, 5) is 11.8. The van der Waals surface area contributed by atoms with Crippen molar-refractivity contribution in [1.82, 2.24) is 10.6 Å². The van der Waals surface area contributed by atoms with Crippen molar-refractivity contribution in [2.24, 2.45) is 5.92 Å². The van der Waals surface area contributed by atoms with E-state index in [-0.39, 0.29) is 24.1 Å². The molecule has 20 heavy (non-hydrogen) atoms. The minimum Gasteiger partial charge on any atom is -0.356 e. The number of rotatable bonds is 5. The van der Waals surface area contributed by atoms with Gasteiger partial charge in [-0.05, 0) is 56.0 Å². The van der Waals surface area contributed by atoms with E-state index in [9.17, 15) is 9.18 Å². The molecule has 1 aliphatic rings. The van der Waals surface area contributed by atoms with Gasteiger partial charge in [0.2, 0.25) is 5.91 Å². The Balaban J connectivity index is 0.00000200. The van der Waals surface area contributed by atoms with Gasteiger partial charge in [0, 0.05) is 13.0 Å². The van der Waals surface area contributed by atoms with Crippen LogP contribution < -0.4 is 10.6 Å². The standard InChI is InChI=1S/C15H21FN2O.ClH/c16-14-3-1-12(2-4-14)7-10-18-15(19)11-13-5-8-17-9-6-13;/h1-4,13,17H,5-11H2,(H,18,19);1H. The summed E-state index contributed by atoms with van der Waals surface area (Å²) in [6.07, 6.45) is 3.56. The van der Waals surface area contributed by atoms with Gasteiger partial charge < -0.3 is 10.6 Å². The Kier molecular flexibility index (Phi) is 7.55. The molecule has 0 bridgehead atoms. The fraction of sp³-hybridized carbons (Fsp3) is 0.533. The van der Waals surface area contributed by atoms with Crippen LogP contribution in [-0.4, -0.2) is 25.5 Å². The molecular formula is C15H22ClFN2O. The van der Waals surface area contributed by atoms with Crippen LogP contribution in [-0.2, 0) is 11.2 Å². The van der Waals surface area contributed by atoms with Crippen molar-refractivity contribution < 1.29 is 9.18 Å². The first-order chi connectivity index (χ1) is 9.24. The molecule has 5 heteroatoms. The molecule has 2 N–H and O–H groups in total. The molecule has 0 unspecified atom stereocenters. The van der Waals surface area contributed by atoms with E-state index >= 15 is 0 Å². The second kappa shape index (κ2) is 8.93. The first-order valence-corrected chi connectivity index (χ1v) is 6.96. The topological polar surface area (TPSA) is 41.1 Å². The fourth-order valence-corrected chi connectivity index (χ4v) is 2.42. The molecule has 2 rings (SSSR count). The van der Waals surface area contributed by atoms with Crippen LogP contribution in [0.1, 0.15) is 24.8 Å². The molecule has 0 radical (unpaired) electrons. The first-order valence-electron chi connectivity index (χ1n) is 6.96. The lowest BCUT2D eigenvalue weighted by Crippen LogP contribution is -2.33. The van der Waals surface area contributed by atoms with E-state index in [4.69, 9.17) is 0 Å². The number of amides is 1. The lowest BCUT2D eigenvalue weighted by Gasteiger charge is -2.21. The van der Waals surface area contributed by atoms with Crippen LogP contribution in [0.3, 0.4) is 0 Å². The van der Waals surface area contributed by atoms with Gasteiger partial charge in [-0.3, -0.25) is 4.79 Å². The number of hydrogen-bond donors (Lipinski definition) is 2. The highest BCUT2D eigenvalue weighted by atomic mass is 35.5. The predicted molar refractivity (Wildman–Crippen MR) is 80.6 cm³/mol. The smallest absolute Gasteiger partial charge is 0.220 e. The van der Waals surface area contributed by atoms with Crippen LogP contribution >= 0.6 is 12.4 Å².